The summed E-state index contributed by atoms with van der Waals surface area (Å²) in [7, 11) is 0. The number of amides is 1. The van der Waals surface area contributed by atoms with Gasteiger partial charge in [0.15, 0.2) is 6.61 Å². The lowest BCUT2D eigenvalue weighted by atomic mass is 9.89. The van der Waals surface area contributed by atoms with Crippen molar-refractivity contribution in [1.29, 1.82) is 0 Å². The zero-order valence-corrected chi connectivity index (χ0v) is 16.5. The summed E-state index contributed by atoms with van der Waals surface area (Å²) in [6.45, 7) is 6.11. The molecule has 0 aromatic heterocycles. The average molecular weight is 375 g/mol. The lowest BCUT2D eigenvalue weighted by molar-refractivity contribution is -0.124. The van der Waals surface area contributed by atoms with Crippen LogP contribution in [-0.2, 0) is 4.79 Å². The second-order valence-electron chi connectivity index (χ2n) is 8.02. The molecule has 0 bridgehead atoms. The number of benzene rings is 3. The molecule has 3 aromatic carbocycles. The highest BCUT2D eigenvalue weighted by atomic mass is 16.5. The van der Waals surface area contributed by atoms with Crippen molar-refractivity contribution >= 4 is 16.7 Å². The fourth-order valence-electron chi connectivity index (χ4n) is 3.73. The van der Waals surface area contributed by atoms with E-state index in [1.54, 1.807) is 0 Å². The van der Waals surface area contributed by atoms with Gasteiger partial charge in [0.05, 0.1) is 6.04 Å². The van der Waals surface area contributed by atoms with E-state index in [1.165, 1.54) is 0 Å². The van der Waals surface area contributed by atoms with Crippen molar-refractivity contribution in [1.82, 2.24) is 5.32 Å². The van der Waals surface area contributed by atoms with E-state index in [4.69, 9.17) is 9.47 Å². The van der Waals surface area contributed by atoms with Crippen LogP contribution in [0.1, 0.15) is 37.4 Å². The molecular weight excluding hydrogens is 350 g/mol. The standard InChI is InChI=1S/C24H25NO3/c1-16-8-11-20-21(14-24(2,3)28-22(20)12-16)25-23(26)15-27-19-10-9-17-6-4-5-7-18(17)13-19/h4-13,21H,14-15H2,1-3H3,(H,25,26). The van der Waals surface area contributed by atoms with E-state index in [2.05, 4.69) is 11.4 Å². The average Bonchev–Trinajstić information content (AvgIpc) is 2.65. The lowest BCUT2D eigenvalue weighted by Crippen LogP contribution is -2.42. The van der Waals surface area contributed by atoms with Crippen LogP contribution in [-0.4, -0.2) is 18.1 Å². The lowest BCUT2D eigenvalue weighted by Gasteiger charge is -2.38. The molecule has 0 radical (unpaired) electrons. The summed E-state index contributed by atoms with van der Waals surface area (Å²) in [5.41, 5.74) is 1.82. The normalized spacial score (nSPS) is 17.5. The first-order valence-corrected chi connectivity index (χ1v) is 9.60. The predicted octanol–water partition coefficient (Wildman–Crippen LogP) is 4.95. The molecule has 4 heteroatoms. The van der Waals surface area contributed by atoms with Crippen LogP contribution in [0.3, 0.4) is 0 Å². The van der Waals surface area contributed by atoms with Crippen molar-refractivity contribution in [2.75, 3.05) is 6.61 Å². The smallest absolute Gasteiger partial charge is 0.258 e. The van der Waals surface area contributed by atoms with Gasteiger partial charge in [-0.3, -0.25) is 4.79 Å². The number of fused-ring (bicyclic) bond motifs is 2. The maximum Gasteiger partial charge on any atom is 0.258 e. The predicted molar refractivity (Wildman–Crippen MR) is 111 cm³/mol. The molecule has 1 aliphatic heterocycles. The zero-order valence-electron chi connectivity index (χ0n) is 16.5. The van der Waals surface area contributed by atoms with Gasteiger partial charge in [-0.15, -0.1) is 0 Å². The van der Waals surface area contributed by atoms with Crippen LogP contribution in [0.15, 0.2) is 60.7 Å². The molecule has 1 heterocycles. The first kappa shape index (κ1) is 18.4. The number of hydrogen-bond acceptors (Lipinski definition) is 3. The van der Waals surface area contributed by atoms with Crippen molar-refractivity contribution < 1.29 is 14.3 Å². The number of ether oxygens (including phenoxy) is 2. The largest absolute Gasteiger partial charge is 0.487 e. The molecule has 0 saturated heterocycles. The molecule has 1 amide bonds. The van der Waals surface area contributed by atoms with Gasteiger partial charge in [0.1, 0.15) is 17.1 Å². The minimum Gasteiger partial charge on any atom is -0.487 e. The molecule has 1 unspecified atom stereocenters. The van der Waals surface area contributed by atoms with Gasteiger partial charge in [0.2, 0.25) is 0 Å². The van der Waals surface area contributed by atoms with E-state index in [9.17, 15) is 4.79 Å². The number of aryl methyl sites for hydroxylation is 1. The quantitative estimate of drug-likeness (QED) is 0.702. The topological polar surface area (TPSA) is 47.6 Å². The van der Waals surface area contributed by atoms with Crippen molar-refractivity contribution in [2.45, 2.75) is 38.8 Å². The Hall–Kier alpha value is -3.01. The Morgan fingerprint density at radius 3 is 2.71 bits per heavy atom. The van der Waals surface area contributed by atoms with Gasteiger partial charge in [-0.2, -0.15) is 0 Å². The molecule has 0 spiro atoms. The van der Waals surface area contributed by atoms with Crippen molar-refractivity contribution in [2.24, 2.45) is 0 Å². The van der Waals surface area contributed by atoms with Crippen LogP contribution in [0, 0.1) is 6.92 Å². The summed E-state index contributed by atoms with van der Waals surface area (Å²) in [6.07, 6.45) is 0.713. The number of carbonyl (C=O) groups excluding carboxylic acids is 1. The Morgan fingerprint density at radius 2 is 1.89 bits per heavy atom. The highest BCUT2D eigenvalue weighted by molar-refractivity contribution is 5.84. The van der Waals surface area contributed by atoms with E-state index in [0.717, 1.165) is 27.6 Å². The molecule has 4 rings (SSSR count). The fraction of sp³-hybridized carbons (Fsp3) is 0.292. The van der Waals surface area contributed by atoms with Crippen LogP contribution >= 0.6 is 0 Å². The Kier molecular flexibility index (Phi) is 4.71. The summed E-state index contributed by atoms with van der Waals surface area (Å²) in [4.78, 5) is 12.6. The molecule has 1 N–H and O–H groups in total. The van der Waals surface area contributed by atoms with Gasteiger partial charge in [0.25, 0.3) is 5.91 Å². The molecule has 0 saturated carbocycles. The number of nitrogens with one attached hydrogen (secondary N) is 1. The summed E-state index contributed by atoms with van der Waals surface area (Å²) < 4.78 is 11.8. The molecule has 28 heavy (non-hydrogen) atoms. The van der Waals surface area contributed by atoms with Gasteiger partial charge >= 0.3 is 0 Å². The molecule has 1 aliphatic rings. The van der Waals surface area contributed by atoms with Gasteiger partial charge in [-0.25, -0.2) is 0 Å². The summed E-state index contributed by atoms with van der Waals surface area (Å²) in [5, 5.41) is 5.36. The molecule has 0 aliphatic carbocycles. The van der Waals surface area contributed by atoms with Crippen molar-refractivity contribution in [3.8, 4) is 11.5 Å². The SMILES string of the molecule is Cc1ccc2c(c1)OC(C)(C)CC2NC(=O)COc1ccc2ccccc2c1. The second kappa shape index (κ2) is 7.19. The van der Waals surface area contributed by atoms with E-state index < -0.39 is 0 Å². The number of carbonyl (C=O) groups is 1. The number of hydrogen-bond donors (Lipinski definition) is 1. The minimum absolute atomic E-state index is 0.0165. The summed E-state index contributed by atoms with van der Waals surface area (Å²) in [6, 6.07) is 20.0. The molecule has 4 nitrogen and oxygen atoms in total. The third-order valence-corrected chi connectivity index (χ3v) is 5.05. The van der Waals surface area contributed by atoms with E-state index in [1.807, 2.05) is 75.4 Å². The second-order valence-corrected chi connectivity index (χ2v) is 8.02. The fourth-order valence-corrected chi connectivity index (χ4v) is 3.73. The zero-order chi connectivity index (χ0) is 19.7. The van der Waals surface area contributed by atoms with Crippen molar-refractivity contribution in [3.05, 3.63) is 71.8 Å². The highest BCUT2D eigenvalue weighted by Crippen LogP contribution is 2.39. The maximum atomic E-state index is 12.6. The molecular formula is C24H25NO3. The van der Waals surface area contributed by atoms with Crippen LogP contribution in [0.4, 0.5) is 0 Å². The van der Waals surface area contributed by atoms with Crippen LogP contribution in [0.2, 0.25) is 0 Å². The first-order valence-electron chi connectivity index (χ1n) is 9.60. The summed E-state index contributed by atoms with van der Waals surface area (Å²) in [5.74, 6) is 1.40. The van der Waals surface area contributed by atoms with Crippen LogP contribution in [0.25, 0.3) is 10.8 Å². The van der Waals surface area contributed by atoms with Gasteiger partial charge in [-0.1, -0.05) is 42.5 Å². The Balaban J connectivity index is 1.44. The molecule has 1 atom stereocenters. The monoisotopic (exact) mass is 375 g/mol. The van der Waals surface area contributed by atoms with Gasteiger partial charge < -0.3 is 14.8 Å². The molecule has 0 fully saturated rings. The van der Waals surface area contributed by atoms with Crippen molar-refractivity contribution in [3.63, 3.8) is 0 Å². The Labute approximate surface area is 165 Å². The third-order valence-electron chi connectivity index (χ3n) is 5.05. The maximum absolute atomic E-state index is 12.6. The molecule has 3 aromatic rings. The third kappa shape index (κ3) is 3.96. The Bertz CT molecular complexity index is 1030. The Morgan fingerprint density at radius 1 is 1.11 bits per heavy atom. The van der Waals surface area contributed by atoms with Crippen LogP contribution < -0.4 is 14.8 Å². The van der Waals surface area contributed by atoms with E-state index in [-0.39, 0.29) is 24.2 Å². The van der Waals surface area contributed by atoms with Gasteiger partial charge in [0, 0.05) is 12.0 Å². The van der Waals surface area contributed by atoms with Gasteiger partial charge in [-0.05, 0) is 55.3 Å². The van der Waals surface area contributed by atoms with E-state index in [0.29, 0.717) is 12.2 Å². The molecule has 144 valence electrons. The summed E-state index contributed by atoms with van der Waals surface area (Å²) >= 11 is 0. The van der Waals surface area contributed by atoms with Crippen LogP contribution in [0.5, 0.6) is 11.5 Å². The highest BCUT2D eigenvalue weighted by Gasteiger charge is 2.34. The number of rotatable bonds is 4. The minimum atomic E-state index is -0.335. The van der Waals surface area contributed by atoms with E-state index >= 15 is 0 Å². The first-order chi connectivity index (χ1) is 13.4.